The van der Waals surface area contributed by atoms with Gasteiger partial charge in [-0.15, -0.1) is 0 Å². The summed E-state index contributed by atoms with van der Waals surface area (Å²) in [6, 6.07) is 4.63. The number of pyridine rings is 1. The summed E-state index contributed by atoms with van der Waals surface area (Å²) in [5.74, 6) is -0.420. The summed E-state index contributed by atoms with van der Waals surface area (Å²) in [7, 11) is 0. The molecule has 2 N–H and O–H groups in total. The van der Waals surface area contributed by atoms with E-state index in [1.165, 1.54) is 18.0 Å². The van der Waals surface area contributed by atoms with Gasteiger partial charge in [-0.25, -0.2) is 4.39 Å². The second kappa shape index (κ2) is 8.59. The molecule has 1 heterocycles. The van der Waals surface area contributed by atoms with Gasteiger partial charge in [-0.05, 0) is 35.6 Å². The molecular weight excluding hydrogens is 392 g/mol. The van der Waals surface area contributed by atoms with Gasteiger partial charge in [0.25, 0.3) is 0 Å². The topological polar surface area (TPSA) is 37.0 Å². The molecule has 2 rings (SSSR count). The second-order valence-corrected chi connectivity index (χ2v) is 8.18. The highest BCUT2D eigenvalue weighted by molar-refractivity contribution is 7.97. The molecule has 0 unspecified atom stereocenters. The summed E-state index contributed by atoms with van der Waals surface area (Å²) in [5, 5.41) is 4.35. The van der Waals surface area contributed by atoms with E-state index in [1.807, 2.05) is 0 Å². The molecule has 0 atom stereocenters. The first-order valence-corrected chi connectivity index (χ1v) is 9.11. The highest BCUT2D eigenvalue weighted by Crippen LogP contribution is 2.30. The van der Waals surface area contributed by atoms with Crippen LogP contribution in [0.3, 0.4) is 0 Å². The number of hydrogen-bond donors (Lipinski definition) is 2. The molecule has 1 aromatic carbocycles. The van der Waals surface area contributed by atoms with Crippen LogP contribution in [0.4, 0.5) is 10.1 Å². The van der Waals surface area contributed by atoms with Crippen molar-refractivity contribution in [3.05, 3.63) is 51.5 Å². The molecular formula is C16H17Cl3FN3S. The van der Waals surface area contributed by atoms with E-state index >= 15 is 0 Å². The molecule has 0 aliphatic rings. The Morgan fingerprint density at radius 1 is 1.08 bits per heavy atom. The highest BCUT2D eigenvalue weighted by Gasteiger charge is 2.19. The summed E-state index contributed by atoms with van der Waals surface area (Å²) in [6.45, 7) is 5.58. The summed E-state index contributed by atoms with van der Waals surface area (Å²) >= 11 is 19.4. The van der Waals surface area contributed by atoms with Crippen LogP contribution >= 0.6 is 46.8 Å². The molecule has 1 aromatic heterocycles. The number of aromatic nitrogens is 1. The van der Waals surface area contributed by atoms with Crippen molar-refractivity contribution in [3.63, 3.8) is 0 Å². The standard InChI is InChI=1S/C16H17Cl3FN3S/c1-16(2,8-22-15-12(18)6-21-7-13(15)19)9-23-24-10-3-4-14(20)11(17)5-10/h3-7,23H,8-9H2,1-2H3,(H,21,22). The van der Waals surface area contributed by atoms with E-state index in [-0.39, 0.29) is 10.4 Å². The molecule has 0 radical (unpaired) electrons. The average molecular weight is 409 g/mol. The van der Waals surface area contributed by atoms with Crippen LogP contribution in [0.1, 0.15) is 13.8 Å². The predicted octanol–water partition coefficient (Wildman–Crippen LogP) is 5.92. The van der Waals surface area contributed by atoms with Crippen molar-refractivity contribution < 1.29 is 4.39 Å². The predicted molar refractivity (Wildman–Crippen MR) is 102 cm³/mol. The zero-order valence-corrected chi connectivity index (χ0v) is 16.3. The van der Waals surface area contributed by atoms with E-state index in [4.69, 9.17) is 34.8 Å². The number of hydrogen-bond acceptors (Lipinski definition) is 4. The fraction of sp³-hybridized carbons (Fsp3) is 0.312. The number of nitrogens with zero attached hydrogens (tertiary/aromatic N) is 1. The van der Waals surface area contributed by atoms with Crippen molar-refractivity contribution in [1.29, 1.82) is 0 Å². The molecule has 24 heavy (non-hydrogen) atoms. The van der Waals surface area contributed by atoms with Crippen LogP contribution in [-0.2, 0) is 0 Å². The van der Waals surface area contributed by atoms with Gasteiger partial charge in [0.15, 0.2) is 0 Å². The third-order valence-electron chi connectivity index (χ3n) is 3.23. The van der Waals surface area contributed by atoms with Crippen LogP contribution in [0.2, 0.25) is 15.1 Å². The minimum atomic E-state index is -0.420. The lowest BCUT2D eigenvalue weighted by Crippen LogP contribution is -2.32. The smallest absolute Gasteiger partial charge is 0.141 e. The molecule has 8 heteroatoms. The first-order chi connectivity index (χ1) is 11.3. The molecule has 0 aliphatic heterocycles. The maximum Gasteiger partial charge on any atom is 0.141 e. The van der Waals surface area contributed by atoms with Crippen LogP contribution in [0.25, 0.3) is 0 Å². The van der Waals surface area contributed by atoms with Crippen molar-refractivity contribution in [1.82, 2.24) is 9.71 Å². The van der Waals surface area contributed by atoms with Crippen LogP contribution in [0, 0.1) is 11.2 Å². The van der Waals surface area contributed by atoms with Crippen molar-refractivity contribution in [3.8, 4) is 0 Å². The van der Waals surface area contributed by atoms with Gasteiger partial charge in [0.1, 0.15) is 5.82 Å². The van der Waals surface area contributed by atoms with Crippen molar-refractivity contribution in [2.45, 2.75) is 18.7 Å². The van der Waals surface area contributed by atoms with Crippen molar-refractivity contribution >= 4 is 52.4 Å². The van der Waals surface area contributed by atoms with Gasteiger partial charge in [0.05, 0.1) is 20.8 Å². The minimum Gasteiger partial charge on any atom is -0.382 e. The van der Waals surface area contributed by atoms with Gasteiger partial charge in [-0.3, -0.25) is 9.71 Å². The highest BCUT2D eigenvalue weighted by atomic mass is 35.5. The number of nitrogens with one attached hydrogen (secondary N) is 2. The van der Waals surface area contributed by atoms with Gasteiger partial charge < -0.3 is 5.32 Å². The lowest BCUT2D eigenvalue weighted by atomic mass is 9.94. The molecule has 130 valence electrons. The quantitative estimate of drug-likeness (QED) is 0.558. The van der Waals surface area contributed by atoms with E-state index in [9.17, 15) is 4.39 Å². The van der Waals surface area contributed by atoms with Crippen LogP contribution in [0.15, 0.2) is 35.5 Å². The van der Waals surface area contributed by atoms with Gasteiger partial charge >= 0.3 is 0 Å². The minimum absolute atomic E-state index is 0.0766. The van der Waals surface area contributed by atoms with Gasteiger partial charge in [-0.1, -0.05) is 48.7 Å². The first-order valence-electron chi connectivity index (χ1n) is 7.16. The van der Waals surface area contributed by atoms with E-state index in [0.29, 0.717) is 28.8 Å². The largest absolute Gasteiger partial charge is 0.382 e. The average Bonchev–Trinajstić information content (AvgIpc) is 2.50. The summed E-state index contributed by atoms with van der Waals surface area (Å²) in [6.07, 6.45) is 3.10. The third-order valence-corrected chi connectivity index (χ3v) is 4.87. The summed E-state index contributed by atoms with van der Waals surface area (Å²) in [5.41, 5.74) is 0.603. The maximum absolute atomic E-state index is 13.1. The molecule has 0 amide bonds. The molecule has 0 bridgehead atoms. The number of rotatable bonds is 7. The molecule has 3 nitrogen and oxygen atoms in total. The number of halogens is 4. The van der Waals surface area contributed by atoms with E-state index in [0.717, 1.165) is 4.90 Å². The molecule has 0 saturated carbocycles. The first kappa shape index (κ1) is 19.6. The zero-order chi connectivity index (χ0) is 17.7. The molecule has 0 aliphatic carbocycles. The second-order valence-electron chi connectivity index (χ2n) is 6.00. The summed E-state index contributed by atoms with van der Waals surface area (Å²) < 4.78 is 16.4. The Kier molecular flexibility index (Phi) is 7.01. The molecule has 0 saturated heterocycles. The lowest BCUT2D eigenvalue weighted by Gasteiger charge is -2.26. The van der Waals surface area contributed by atoms with E-state index in [1.54, 1.807) is 24.5 Å². The SMILES string of the molecule is CC(C)(CNSc1ccc(F)c(Cl)c1)CNc1c(Cl)cncc1Cl. The van der Waals surface area contributed by atoms with Crippen LogP contribution in [0.5, 0.6) is 0 Å². The van der Waals surface area contributed by atoms with Crippen LogP contribution in [-0.4, -0.2) is 18.1 Å². The van der Waals surface area contributed by atoms with Crippen LogP contribution < -0.4 is 10.0 Å². The third kappa shape index (κ3) is 5.67. The van der Waals surface area contributed by atoms with Crippen molar-refractivity contribution in [2.24, 2.45) is 5.41 Å². The Labute approximate surface area is 160 Å². The molecule has 0 spiro atoms. The van der Waals surface area contributed by atoms with Gasteiger partial charge in [-0.2, -0.15) is 0 Å². The fourth-order valence-corrected chi connectivity index (χ4v) is 3.51. The van der Waals surface area contributed by atoms with E-state index < -0.39 is 5.82 Å². The molecule has 2 aromatic rings. The number of anilines is 1. The Bertz CT molecular complexity index is 693. The Hall–Kier alpha value is -0.720. The Morgan fingerprint density at radius 3 is 2.38 bits per heavy atom. The van der Waals surface area contributed by atoms with E-state index in [2.05, 4.69) is 28.9 Å². The van der Waals surface area contributed by atoms with Gasteiger partial charge in [0.2, 0.25) is 0 Å². The maximum atomic E-state index is 13.1. The molecule has 0 fully saturated rings. The monoisotopic (exact) mass is 407 g/mol. The Balaban J connectivity index is 1.86. The van der Waals surface area contributed by atoms with Gasteiger partial charge in [0, 0.05) is 30.4 Å². The fourth-order valence-electron chi connectivity index (χ4n) is 1.83. The van der Waals surface area contributed by atoms with Crippen molar-refractivity contribution in [2.75, 3.05) is 18.4 Å². The lowest BCUT2D eigenvalue weighted by molar-refractivity contribution is 0.394. The number of benzene rings is 1. The Morgan fingerprint density at radius 2 is 1.75 bits per heavy atom. The summed E-state index contributed by atoms with van der Waals surface area (Å²) in [4.78, 5) is 4.78. The zero-order valence-electron chi connectivity index (χ0n) is 13.2. The normalized spacial score (nSPS) is 11.6.